The Balaban J connectivity index is 1.91. The van der Waals surface area contributed by atoms with Crippen molar-refractivity contribution in [2.45, 2.75) is 19.7 Å². The lowest BCUT2D eigenvalue weighted by Crippen LogP contribution is -2.17. The van der Waals surface area contributed by atoms with E-state index in [0.717, 1.165) is 23.4 Å². The van der Waals surface area contributed by atoms with E-state index in [1.807, 2.05) is 31.3 Å². The summed E-state index contributed by atoms with van der Waals surface area (Å²) in [6.07, 6.45) is 0. The molecule has 0 heterocycles. The van der Waals surface area contributed by atoms with E-state index in [2.05, 4.69) is 9.64 Å². The summed E-state index contributed by atoms with van der Waals surface area (Å²) in [7, 11) is 1.99. The topological polar surface area (TPSA) is 38.5 Å². The quantitative estimate of drug-likeness (QED) is 0.828. The molecule has 0 spiro atoms. The average Bonchev–Trinajstić information content (AvgIpc) is 2.40. The fourth-order valence-electron chi connectivity index (χ4n) is 2.15. The third kappa shape index (κ3) is 5.04. The van der Waals surface area contributed by atoms with Gasteiger partial charge in [-0.2, -0.15) is 8.78 Å². The minimum absolute atomic E-state index is 0.173. The predicted molar refractivity (Wildman–Crippen MR) is 79.1 cm³/mol. The number of anilines is 1. The molecule has 0 radical (unpaired) electrons. The maximum Gasteiger partial charge on any atom is 0.387 e. The number of nitrogen functional groups attached to an aromatic ring is 1. The van der Waals surface area contributed by atoms with E-state index in [1.54, 1.807) is 24.3 Å². The van der Waals surface area contributed by atoms with E-state index in [9.17, 15) is 8.78 Å². The Hall–Kier alpha value is -2.14. The van der Waals surface area contributed by atoms with Crippen LogP contribution in [0, 0.1) is 0 Å². The SMILES string of the molecule is CN(Cc1ccc(OC(F)F)cc1)Cc1cccc(N)c1. The van der Waals surface area contributed by atoms with Gasteiger partial charge in [-0.05, 0) is 42.4 Å². The van der Waals surface area contributed by atoms with Gasteiger partial charge < -0.3 is 10.5 Å². The van der Waals surface area contributed by atoms with Crippen LogP contribution in [-0.4, -0.2) is 18.6 Å². The van der Waals surface area contributed by atoms with E-state index in [4.69, 9.17) is 5.73 Å². The fraction of sp³-hybridized carbons (Fsp3) is 0.250. The molecule has 0 amide bonds. The molecule has 0 atom stereocenters. The highest BCUT2D eigenvalue weighted by Gasteiger charge is 2.05. The first-order chi connectivity index (χ1) is 10.0. The molecule has 0 aliphatic carbocycles. The van der Waals surface area contributed by atoms with Gasteiger partial charge in [0.2, 0.25) is 0 Å². The van der Waals surface area contributed by atoms with Gasteiger partial charge in [0.25, 0.3) is 0 Å². The summed E-state index contributed by atoms with van der Waals surface area (Å²) in [6.45, 7) is -1.31. The van der Waals surface area contributed by atoms with Crippen LogP contribution in [0.1, 0.15) is 11.1 Å². The van der Waals surface area contributed by atoms with Crippen molar-refractivity contribution < 1.29 is 13.5 Å². The molecule has 112 valence electrons. The minimum Gasteiger partial charge on any atom is -0.435 e. The molecule has 2 aromatic rings. The summed E-state index contributed by atoms with van der Waals surface area (Å²) in [4.78, 5) is 2.12. The van der Waals surface area contributed by atoms with Gasteiger partial charge in [-0.15, -0.1) is 0 Å². The van der Waals surface area contributed by atoms with Gasteiger partial charge in [0, 0.05) is 18.8 Å². The second-order valence-electron chi connectivity index (χ2n) is 4.94. The molecule has 3 nitrogen and oxygen atoms in total. The Labute approximate surface area is 122 Å². The van der Waals surface area contributed by atoms with Crippen LogP contribution in [0.2, 0.25) is 0 Å². The van der Waals surface area contributed by atoms with Crippen molar-refractivity contribution in [1.82, 2.24) is 4.90 Å². The number of rotatable bonds is 6. The van der Waals surface area contributed by atoms with Gasteiger partial charge in [0.1, 0.15) is 5.75 Å². The maximum absolute atomic E-state index is 12.1. The van der Waals surface area contributed by atoms with Crippen molar-refractivity contribution in [3.05, 3.63) is 59.7 Å². The molecule has 0 fully saturated rings. The van der Waals surface area contributed by atoms with Crippen LogP contribution in [-0.2, 0) is 13.1 Å². The highest BCUT2D eigenvalue weighted by Crippen LogP contribution is 2.16. The van der Waals surface area contributed by atoms with E-state index in [1.165, 1.54) is 0 Å². The second-order valence-corrected chi connectivity index (χ2v) is 4.94. The second kappa shape index (κ2) is 7.04. The van der Waals surface area contributed by atoms with Crippen molar-refractivity contribution >= 4 is 5.69 Å². The van der Waals surface area contributed by atoms with Crippen LogP contribution in [0.15, 0.2) is 48.5 Å². The number of nitrogens with zero attached hydrogens (tertiary/aromatic N) is 1. The lowest BCUT2D eigenvalue weighted by atomic mass is 10.1. The molecule has 0 bridgehead atoms. The van der Waals surface area contributed by atoms with Gasteiger partial charge in [0.15, 0.2) is 0 Å². The van der Waals surface area contributed by atoms with Crippen molar-refractivity contribution in [2.24, 2.45) is 0 Å². The lowest BCUT2D eigenvalue weighted by Gasteiger charge is -2.17. The molecule has 2 rings (SSSR count). The zero-order chi connectivity index (χ0) is 15.2. The Bertz CT molecular complexity index is 573. The van der Waals surface area contributed by atoms with Crippen LogP contribution in [0.5, 0.6) is 5.75 Å². The van der Waals surface area contributed by atoms with Crippen molar-refractivity contribution in [1.29, 1.82) is 0 Å². The number of alkyl halides is 2. The smallest absolute Gasteiger partial charge is 0.387 e. The number of ether oxygens (including phenoxy) is 1. The van der Waals surface area contributed by atoms with Gasteiger partial charge >= 0.3 is 6.61 Å². The zero-order valence-corrected chi connectivity index (χ0v) is 11.8. The molecule has 0 aliphatic heterocycles. The van der Waals surface area contributed by atoms with Gasteiger partial charge in [0.05, 0.1) is 0 Å². The van der Waals surface area contributed by atoms with Crippen LogP contribution in [0.3, 0.4) is 0 Å². The monoisotopic (exact) mass is 292 g/mol. The highest BCUT2D eigenvalue weighted by atomic mass is 19.3. The number of hydrogen-bond donors (Lipinski definition) is 1. The van der Waals surface area contributed by atoms with Crippen LogP contribution in [0.25, 0.3) is 0 Å². The van der Waals surface area contributed by atoms with Gasteiger partial charge in [-0.3, -0.25) is 4.90 Å². The molecule has 0 aromatic heterocycles. The Morgan fingerprint density at radius 3 is 2.33 bits per heavy atom. The van der Waals surface area contributed by atoms with Crippen LogP contribution >= 0.6 is 0 Å². The van der Waals surface area contributed by atoms with Crippen LogP contribution in [0.4, 0.5) is 14.5 Å². The molecule has 0 aliphatic rings. The first-order valence-corrected chi connectivity index (χ1v) is 6.59. The fourth-order valence-corrected chi connectivity index (χ4v) is 2.15. The van der Waals surface area contributed by atoms with Gasteiger partial charge in [-0.25, -0.2) is 0 Å². The molecule has 5 heteroatoms. The normalized spacial score (nSPS) is 11.1. The molecule has 0 unspecified atom stereocenters. The summed E-state index contributed by atoms with van der Waals surface area (Å²) in [5.41, 5.74) is 8.66. The molecular weight excluding hydrogens is 274 g/mol. The molecule has 0 saturated carbocycles. The Morgan fingerprint density at radius 1 is 1.05 bits per heavy atom. The third-order valence-electron chi connectivity index (χ3n) is 3.00. The number of halogens is 2. The van der Waals surface area contributed by atoms with E-state index in [0.29, 0.717) is 6.54 Å². The molecule has 2 N–H and O–H groups in total. The van der Waals surface area contributed by atoms with Gasteiger partial charge in [-0.1, -0.05) is 24.3 Å². The molecule has 0 saturated heterocycles. The van der Waals surface area contributed by atoms with Crippen molar-refractivity contribution in [3.8, 4) is 5.75 Å². The lowest BCUT2D eigenvalue weighted by molar-refractivity contribution is -0.0498. The predicted octanol–water partition coefficient (Wildman–Crippen LogP) is 3.50. The van der Waals surface area contributed by atoms with Crippen LogP contribution < -0.4 is 10.5 Å². The molecule has 2 aromatic carbocycles. The summed E-state index contributed by atoms with van der Waals surface area (Å²) >= 11 is 0. The summed E-state index contributed by atoms with van der Waals surface area (Å²) in [5.74, 6) is 0.173. The largest absolute Gasteiger partial charge is 0.435 e. The summed E-state index contributed by atoms with van der Waals surface area (Å²) in [5, 5.41) is 0. The minimum atomic E-state index is -2.79. The molecule has 21 heavy (non-hydrogen) atoms. The summed E-state index contributed by atoms with van der Waals surface area (Å²) < 4.78 is 28.5. The first-order valence-electron chi connectivity index (χ1n) is 6.59. The maximum atomic E-state index is 12.1. The third-order valence-corrected chi connectivity index (χ3v) is 3.00. The first kappa shape index (κ1) is 15.3. The van der Waals surface area contributed by atoms with E-state index in [-0.39, 0.29) is 5.75 Å². The number of hydrogen-bond acceptors (Lipinski definition) is 3. The number of benzene rings is 2. The Kier molecular flexibility index (Phi) is 5.11. The van der Waals surface area contributed by atoms with Crippen molar-refractivity contribution in [3.63, 3.8) is 0 Å². The summed E-state index contributed by atoms with van der Waals surface area (Å²) in [6, 6.07) is 14.4. The average molecular weight is 292 g/mol. The highest BCUT2D eigenvalue weighted by molar-refractivity contribution is 5.40. The van der Waals surface area contributed by atoms with E-state index >= 15 is 0 Å². The Morgan fingerprint density at radius 2 is 1.71 bits per heavy atom. The standard InChI is InChI=1S/C16H18F2N2O/c1-20(11-13-3-2-4-14(19)9-13)10-12-5-7-15(8-6-12)21-16(17)18/h2-9,16H,10-11,19H2,1H3. The zero-order valence-electron chi connectivity index (χ0n) is 11.8. The molecular formula is C16H18F2N2O. The number of nitrogens with two attached hydrogens (primary N) is 1. The van der Waals surface area contributed by atoms with E-state index < -0.39 is 6.61 Å². The van der Waals surface area contributed by atoms with Crippen molar-refractivity contribution in [2.75, 3.05) is 12.8 Å².